The fourth-order valence-electron chi connectivity index (χ4n) is 2.28. The van der Waals surface area contributed by atoms with Crippen LogP contribution in [0, 0.1) is 6.92 Å². The Morgan fingerprint density at radius 2 is 2.09 bits per heavy atom. The number of H-pyrrole nitrogens is 1. The Labute approximate surface area is 139 Å². The molecule has 0 aliphatic carbocycles. The van der Waals surface area contributed by atoms with E-state index in [0.717, 1.165) is 4.47 Å². The van der Waals surface area contributed by atoms with Crippen molar-refractivity contribution in [2.75, 3.05) is 5.32 Å². The maximum atomic E-state index is 12.3. The second-order valence-corrected chi connectivity index (χ2v) is 5.97. The number of fused-ring (bicyclic) bond motifs is 1. The molecule has 2 aromatic heterocycles. The Bertz CT molecular complexity index is 914. The maximum Gasteiger partial charge on any atom is 0.277 e. The molecule has 1 amide bonds. The van der Waals surface area contributed by atoms with Crippen molar-refractivity contribution in [2.45, 2.75) is 19.8 Å². The zero-order valence-corrected chi connectivity index (χ0v) is 13.9. The maximum absolute atomic E-state index is 12.3. The number of hydrogen-bond donors (Lipinski definition) is 2. The first-order chi connectivity index (χ1) is 11.0. The molecule has 0 radical (unpaired) electrons. The molecule has 7 nitrogen and oxygen atoms in total. The van der Waals surface area contributed by atoms with Crippen LogP contribution < -0.4 is 10.9 Å². The lowest BCUT2D eigenvalue weighted by Gasteiger charge is -2.07. The minimum atomic E-state index is -0.221. The van der Waals surface area contributed by atoms with Gasteiger partial charge in [0.1, 0.15) is 6.33 Å². The number of rotatable bonds is 4. The van der Waals surface area contributed by atoms with Crippen molar-refractivity contribution < 1.29 is 4.79 Å². The molecule has 0 fully saturated rings. The van der Waals surface area contributed by atoms with Gasteiger partial charge < -0.3 is 5.32 Å². The number of anilines is 1. The molecule has 3 aromatic rings. The minimum Gasteiger partial charge on any atom is -0.326 e. The lowest BCUT2D eigenvalue weighted by atomic mass is 10.1. The number of aryl methyl sites for hydroxylation is 1. The van der Waals surface area contributed by atoms with Crippen LogP contribution >= 0.6 is 15.9 Å². The summed E-state index contributed by atoms with van der Waals surface area (Å²) in [4.78, 5) is 32.6. The molecule has 23 heavy (non-hydrogen) atoms. The molecule has 0 saturated carbocycles. The van der Waals surface area contributed by atoms with Crippen LogP contribution in [0.15, 0.2) is 39.9 Å². The predicted molar refractivity (Wildman–Crippen MR) is 89.4 cm³/mol. The zero-order chi connectivity index (χ0) is 16.4. The molecule has 0 atom stereocenters. The summed E-state index contributed by atoms with van der Waals surface area (Å²) >= 11 is 3.34. The predicted octanol–water partition coefficient (Wildman–Crippen LogP) is 2.06. The molecule has 1 aromatic carbocycles. The van der Waals surface area contributed by atoms with Gasteiger partial charge in [-0.05, 0) is 37.6 Å². The van der Waals surface area contributed by atoms with Crippen LogP contribution in [0.2, 0.25) is 0 Å². The molecule has 0 bridgehead atoms. The van der Waals surface area contributed by atoms with Gasteiger partial charge in [0.05, 0.1) is 5.69 Å². The Morgan fingerprint density at radius 3 is 2.83 bits per heavy atom. The van der Waals surface area contributed by atoms with E-state index in [2.05, 4.69) is 36.3 Å². The molecule has 0 saturated heterocycles. The molecule has 0 unspecified atom stereocenters. The lowest BCUT2D eigenvalue weighted by molar-refractivity contribution is -0.116. The van der Waals surface area contributed by atoms with Gasteiger partial charge in [-0.25, -0.2) is 9.97 Å². The topological polar surface area (TPSA) is 92.2 Å². The van der Waals surface area contributed by atoms with Gasteiger partial charge >= 0.3 is 0 Å². The van der Waals surface area contributed by atoms with Crippen LogP contribution in [-0.4, -0.2) is 25.5 Å². The zero-order valence-electron chi connectivity index (χ0n) is 12.3. The number of aromatic amines is 1. The van der Waals surface area contributed by atoms with E-state index in [0.29, 0.717) is 29.1 Å². The van der Waals surface area contributed by atoms with Crippen LogP contribution in [0.4, 0.5) is 5.69 Å². The van der Waals surface area contributed by atoms with Gasteiger partial charge in [0, 0.05) is 22.1 Å². The fourth-order valence-corrected chi connectivity index (χ4v) is 2.54. The van der Waals surface area contributed by atoms with Crippen LogP contribution in [-0.2, 0) is 11.2 Å². The molecule has 0 spiro atoms. The SMILES string of the molecule is Cc1nc2nc[nH]n2c(=O)c1CCC(=O)Nc1ccc(Br)cc1. The van der Waals surface area contributed by atoms with E-state index in [-0.39, 0.29) is 17.9 Å². The van der Waals surface area contributed by atoms with E-state index in [1.165, 1.54) is 10.8 Å². The number of nitrogens with zero attached hydrogens (tertiary/aromatic N) is 3. The first-order valence-corrected chi connectivity index (χ1v) is 7.81. The highest BCUT2D eigenvalue weighted by Crippen LogP contribution is 2.14. The summed E-state index contributed by atoms with van der Waals surface area (Å²) in [6.45, 7) is 1.75. The van der Waals surface area contributed by atoms with Crippen molar-refractivity contribution in [1.29, 1.82) is 0 Å². The Balaban J connectivity index is 1.71. The van der Waals surface area contributed by atoms with Crippen LogP contribution in [0.5, 0.6) is 0 Å². The van der Waals surface area contributed by atoms with E-state index in [9.17, 15) is 9.59 Å². The number of halogens is 1. The van der Waals surface area contributed by atoms with E-state index in [4.69, 9.17) is 0 Å². The third-order valence-corrected chi connectivity index (χ3v) is 3.99. The summed E-state index contributed by atoms with van der Waals surface area (Å²) < 4.78 is 2.22. The summed E-state index contributed by atoms with van der Waals surface area (Å²) in [6.07, 6.45) is 1.93. The number of hydrogen-bond acceptors (Lipinski definition) is 4. The van der Waals surface area contributed by atoms with Gasteiger partial charge in [0.15, 0.2) is 0 Å². The smallest absolute Gasteiger partial charge is 0.277 e. The number of carbonyl (C=O) groups is 1. The van der Waals surface area contributed by atoms with Crippen molar-refractivity contribution in [3.05, 3.63) is 56.7 Å². The van der Waals surface area contributed by atoms with Gasteiger partial charge in [-0.2, -0.15) is 4.52 Å². The van der Waals surface area contributed by atoms with E-state index >= 15 is 0 Å². The summed E-state index contributed by atoms with van der Waals surface area (Å²) in [7, 11) is 0. The second kappa shape index (κ2) is 6.33. The minimum absolute atomic E-state index is 0.152. The molecule has 3 rings (SSSR count). The molecular weight excluding hydrogens is 362 g/mol. The Hall–Kier alpha value is -2.48. The second-order valence-electron chi connectivity index (χ2n) is 5.06. The first-order valence-electron chi connectivity index (χ1n) is 7.01. The molecule has 0 aliphatic heterocycles. The van der Waals surface area contributed by atoms with Crippen LogP contribution in [0.1, 0.15) is 17.7 Å². The van der Waals surface area contributed by atoms with Crippen molar-refractivity contribution in [3.8, 4) is 0 Å². The molecular formula is C15H14BrN5O2. The van der Waals surface area contributed by atoms with E-state index in [1.807, 2.05) is 12.1 Å². The summed E-state index contributed by atoms with van der Waals surface area (Å²) in [6, 6.07) is 7.31. The fraction of sp³-hybridized carbons (Fsp3) is 0.200. The molecule has 8 heteroatoms. The first kappa shape index (κ1) is 15.4. The van der Waals surface area contributed by atoms with Gasteiger partial charge in [-0.15, -0.1) is 0 Å². The number of aromatic nitrogens is 4. The van der Waals surface area contributed by atoms with E-state index in [1.54, 1.807) is 19.1 Å². The standard InChI is InChI=1S/C15H14BrN5O2/c1-9-12(14(23)21-15(19-9)17-8-18-21)6-7-13(22)20-11-4-2-10(16)3-5-11/h2-5,8H,6-7H2,1H3,(H,20,22)(H,17,18,19). The van der Waals surface area contributed by atoms with Crippen LogP contribution in [0.3, 0.4) is 0 Å². The quantitative estimate of drug-likeness (QED) is 0.729. The van der Waals surface area contributed by atoms with Crippen molar-refractivity contribution >= 4 is 33.3 Å². The monoisotopic (exact) mass is 375 g/mol. The number of carbonyl (C=O) groups excluding carboxylic acids is 1. The van der Waals surface area contributed by atoms with Crippen molar-refractivity contribution in [2.24, 2.45) is 0 Å². The largest absolute Gasteiger partial charge is 0.326 e. The molecule has 2 N–H and O–H groups in total. The highest BCUT2D eigenvalue weighted by atomic mass is 79.9. The Kier molecular flexibility index (Phi) is 4.24. The molecule has 2 heterocycles. The highest BCUT2D eigenvalue weighted by molar-refractivity contribution is 9.10. The number of benzene rings is 1. The molecule has 118 valence electrons. The molecule has 0 aliphatic rings. The summed E-state index contributed by atoms with van der Waals surface area (Å²) in [5, 5.41) is 5.52. The van der Waals surface area contributed by atoms with Crippen molar-refractivity contribution in [3.63, 3.8) is 0 Å². The summed E-state index contributed by atoms with van der Waals surface area (Å²) in [5.41, 5.74) is 1.60. The van der Waals surface area contributed by atoms with Gasteiger partial charge in [-0.3, -0.25) is 14.7 Å². The normalized spacial score (nSPS) is 10.9. The summed E-state index contributed by atoms with van der Waals surface area (Å²) in [5.74, 6) is 0.177. The number of nitrogens with one attached hydrogen (secondary N) is 2. The van der Waals surface area contributed by atoms with Crippen LogP contribution in [0.25, 0.3) is 5.78 Å². The third-order valence-electron chi connectivity index (χ3n) is 3.46. The van der Waals surface area contributed by atoms with Gasteiger partial charge in [0.25, 0.3) is 11.3 Å². The van der Waals surface area contributed by atoms with Gasteiger partial charge in [0.2, 0.25) is 5.91 Å². The number of amides is 1. The lowest BCUT2D eigenvalue weighted by Crippen LogP contribution is -2.23. The van der Waals surface area contributed by atoms with Gasteiger partial charge in [-0.1, -0.05) is 15.9 Å². The highest BCUT2D eigenvalue weighted by Gasteiger charge is 2.13. The third kappa shape index (κ3) is 3.31. The van der Waals surface area contributed by atoms with E-state index < -0.39 is 0 Å². The average Bonchev–Trinajstić information content (AvgIpc) is 2.98. The Morgan fingerprint density at radius 1 is 1.35 bits per heavy atom. The van der Waals surface area contributed by atoms with Crippen molar-refractivity contribution in [1.82, 2.24) is 19.6 Å². The average molecular weight is 376 g/mol.